The molecule has 29 heavy (non-hydrogen) atoms. The quantitative estimate of drug-likeness (QED) is 0.273. The van der Waals surface area contributed by atoms with E-state index in [9.17, 15) is 38.4 Å². The van der Waals surface area contributed by atoms with Crippen LogP contribution in [0.4, 0.5) is 0 Å². The molecule has 0 aromatic carbocycles. The molecular formula is C17H14N2O10. The Balaban J connectivity index is 1.77. The van der Waals surface area contributed by atoms with Crippen molar-refractivity contribution in [3.8, 4) is 0 Å². The zero-order chi connectivity index (χ0) is 21.6. The van der Waals surface area contributed by atoms with Crippen LogP contribution in [-0.4, -0.2) is 57.3 Å². The largest absolute Gasteiger partial charge is 0.356 e. The number of allylic oxidation sites excluding steroid dienone is 2. The summed E-state index contributed by atoms with van der Waals surface area (Å²) in [6.07, 6.45) is 1.63. The lowest BCUT2D eigenvalue weighted by Gasteiger charge is -2.10. The fourth-order valence-electron chi connectivity index (χ4n) is 2.17. The van der Waals surface area contributed by atoms with Gasteiger partial charge in [0.2, 0.25) is 0 Å². The smallest absolute Gasteiger partial charge is 0.326 e. The summed E-state index contributed by atoms with van der Waals surface area (Å²) in [5.74, 6) is -6.72. The minimum Gasteiger partial charge on any atom is -0.326 e. The molecule has 12 nitrogen and oxygen atoms in total. The molecule has 0 radical (unpaired) electrons. The van der Waals surface area contributed by atoms with Crippen molar-refractivity contribution in [2.24, 2.45) is 0 Å². The number of ketones is 2. The number of amides is 4. The number of nitrogens with zero attached hydrogens (tertiary/aromatic N) is 2. The standard InChI is InChI=1S/C17H14N2O10/c20-10(1-7-16(26)28-18-12(22)3-4-13(18)23)9-11(21)2-8-17(27)29-19-14(24)5-6-15(19)25/h1-2,7-8H,3-6,9H2/b7-1+,8-2+. The Morgan fingerprint density at radius 2 is 0.931 bits per heavy atom. The molecule has 0 spiro atoms. The van der Waals surface area contributed by atoms with Crippen molar-refractivity contribution in [2.45, 2.75) is 32.1 Å². The summed E-state index contributed by atoms with van der Waals surface area (Å²) in [6.45, 7) is 0. The highest BCUT2D eigenvalue weighted by molar-refractivity contribution is 6.11. The summed E-state index contributed by atoms with van der Waals surface area (Å²) in [5.41, 5.74) is 0. The molecule has 4 amide bonds. The van der Waals surface area contributed by atoms with Gasteiger partial charge in [-0.25, -0.2) is 9.59 Å². The van der Waals surface area contributed by atoms with Crippen LogP contribution in [0.1, 0.15) is 32.1 Å². The number of carbonyl (C=O) groups is 8. The van der Waals surface area contributed by atoms with Crippen LogP contribution in [0.2, 0.25) is 0 Å². The Hall–Kier alpha value is -3.96. The second-order valence-electron chi connectivity index (χ2n) is 5.76. The van der Waals surface area contributed by atoms with Crippen molar-refractivity contribution in [1.82, 2.24) is 10.1 Å². The molecule has 0 N–H and O–H groups in total. The van der Waals surface area contributed by atoms with E-state index in [0.717, 1.165) is 0 Å². The Morgan fingerprint density at radius 1 is 0.621 bits per heavy atom. The number of hydrogen-bond acceptors (Lipinski definition) is 10. The molecule has 0 bridgehead atoms. The van der Waals surface area contributed by atoms with Crippen LogP contribution in [0.15, 0.2) is 24.3 Å². The maximum absolute atomic E-state index is 11.6. The lowest BCUT2D eigenvalue weighted by atomic mass is 10.2. The van der Waals surface area contributed by atoms with E-state index >= 15 is 0 Å². The number of hydrogen-bond donors (Lipinski definition) is 0. The normalized spacial score (nSPS) is 17.0. The molecule has 2 fully saturated rings. The molecule has 0 saturated carbocycles. The molecule has 0 aliphatic carbocycles. The molecule has 2 heterocycles. The van der Waals surface area contributed by atoms with Crippen LogP contribution in [0.3, 0.4) is 0 Å². The van der Waals surface area contributed by atoms with Crippen molar-refractivity contribution < 1.29 is 48.0 Å². The van der Waals surface area contributed by atoms with Crippen LogP contribution < -0.4 is 0 Å². The minimum absolute atomic E-state index is 0.0852. The SMILES string of the molecule is O=C(/C=C/C(=O)ON1C(=O)CCC1=O)CC(=O)/C=C/C(=O)ON1C(=O)CCC1=O. The first-order valence-electron chi connectivity index (χ1n) is 8.24. The average Bonchev–Trinajstić information content (AvgIpc) is 3.15. The average molecular weight is 406 g/mol. The second kappa shape index (κ2) is 9.30. The molecule has 2 aliphatic rings. The third-order valence-corrected chi connectivity index (χ3v) is 3.53. The highest BCUT2D eigenvalue weighted by atomic mass is 16.7. The Morgan fingerprint density at radius 3 is 1.24 bits per heavy atom. The van der Waals surface area contributed by atoms with Crippen LogP contribution in [0, 0.1) is 0 Å². The summed E-state index contributed by atoms with van der Waals surface area (Å²) in [7, 11) is 0. The first-order chi connectivity index (χ1) is 13.7. The van der Waals surface area contributed by atoms with Gasteiger partial charge in [0, 0.05) is 37.8 Å². The van der Waals surface area contributed by atoms with Crippen molar-refractivity contribution in [2.75, 3.05) is 0 Å². The third-order valence-electron chi connectivity index (χ3n) is 3.53. The van der Waals surface area contributed by atoms with Gasteiger partial charge in [0.1, 0.15) is 0 Å². The van der Waals surface area contributed by atoms with Crippen LogP contribution in [-0.2, 0) is 48.0 Å². The van der Waals surface area contributed by atoms with Gasteiger partial charge < -0.3 is 9.68 Å². The molecule has 12 heteroatoms. The molecule has 2 aliphatic heterocycles. The second-order valence-corrected chi connectivity index (χ2v) is 5.76. The van der Waals surface area contributed by atoms with E-state index in [4.69, 9.17) is 0 Å². The van der Waals surface area contributed by atoms with Gasteiger partial charge in [0.25, 0.3) is 23.6 Å². The van der Waals surface area contributed by atoms with Gasteiger partial charge in [-0.1, -0.05) is 0 Å². The fourth-order valence-corrected chi connectivity index (χ4v) is 2.17. The Kier molecular flexibility index (Phi) is 6.85. The van der Waals surface area contributed by atoms with E-state index in [-0.39, 0.29) is 25.7 Å². The maximum atomic E-state index is 11.6. The summed E-state index contributed by atoms with van der Waals surface area (Å²) in [5, 5.41) is 0.596. The topological polar surface area (TPSA) is 161 Å². The summed E-state index contributed by atoms with van der Waals surface area (Å²) >= 11 is 0. The molecule has 0 aromatic rings. The number of carbonyl (C=O) groups excluding carboxylic acids is 8. The van der Waals surface area contributed by atoms with Gasteiger partial charge in [-0.05, 0) is 12.2 Å². The van der Waals surface area contributed by atoms with E-state index in [0.29, 0.717) is 34.4 Å². The lowest BCUT2D eigenvalue weighted by molar-refractivity contribution is -0.193. The highest BCUT2D eigenvalue weighted by Crippen LogP contribution is 2.13. The van der Waals surface area contributed by atoms with Crippen molar-refractivity contribution >= 4 is 47.1 Å². The Bertz CT molecular complexity index is 767. The summed E-state index contributed by atoms with van der Waals surface area (Å²) in [6, 6.07) is 0. The fraction of sp³-hybridized carbons (Fsp3) is 0.294. The number of rotatable bonds is 8. The van der Waals surface area contributed by atoms with Crippen molar-refractivity contribution in [1.29, 1.82) is 0 Å². The van der Waals surface area contributed by atoms with E-state index in [1.54, 1.807) is 0 Å². The highest BCUT2D eigenvalue weighted by Gasteiger charge is 2.33. The van der Waals surface area contributed by atoms with Crippen molar-refractivity contribution in [3.63, 3.8) is 0 Å². The lowest BCUT2D eigenvalue weighted by Crippen LogP contribution is -2.31. The van der Waals surface area contributed by atoms with E-state index in [1.807, 2.05) is 0 Å². The monoisotopic (exact) mass is 406 g/mol. The minimum atomic E-state index is -1.16. The molecule has 2 saturated heterocycles. The van der Waals surface area contributed by atoms with E-state index in [1.165, 1.54) is 0 Å². The first-order valence-corrected chi connectivity index (χ1v) is 8.24. The maximum Gasteiger partial charge on any atom is 0.356 e. The van der Waals surface area contributed by atoms with Gasteiger partial charge in [-0.3, -0.25) is 28.8 Å². The molecule has 0 atom stereocenters. The summed E-state index contributed by atoms with van der Waals surface area (Å²) in [4.78, 5) is 100. The van der Waals surface area contributed by atoms with Gasteiger partial charge in [0.05, 0.1) is 6.42 Å². The molecule has 152 valence electrons. The molecule has 0 aromatic heterocycles. The Labute approximate surface area is 162 Å². The van der Waals surface area contributed by atoms with Gasteiger partial charge in [-0.15, -0.1) is 10.1 Å². The number of imide groups is 2. The molecular weight excluding hydrogens is 392 g/mol. The van der Waals surface area contributed by atoms with Gasteiger partial charge in [-0.2, -0.15) is 0 Å². The van der Waals surface area contributed by atoms with Gasteiger partial charge in [0.15, 0.2) is 11.6 Å². The van der Waals surface area contributed by atoms with Gasteiger partial charge >= 0.3 is 11.9 Å². The van der Waals surface area contributed by atoms with E-state index in [2.05, 4.69) is 9.68 Å². The van der Waals surface area contributed by atoms with Crippen LogP contribution in [0.5, 0.6) is 0 Å². The molecule has 2 rings (SSSR count). The van der Waals surface area contributed by atoms with Crippen molar-refractivity contribution in [3.05, 3.63) is 24.3 Å². The predicted octanol–water partition coefficient (Wildman–Crippen LogP) is -1.16. The third kappa shape index (κ3) is 6.02. The first kappa shape index (κ1) is 21.3. The predicted molar refractivity (Wildman–Crippen MR) is 87.3 cm³/mol. The van der Waals surface area contributed by atoms with Crippen LogP contribution >= 0.6 is 0 Å². The number of hydroxylamine groups is 4. The summed E-state index contributed by atoms with van der Waals surface area (Å²) < 4.78 is 0. The van der Waals surface area contributed by atoms with E-state index < -0.39 is 53.6 Å². The molecule has 0 unspecified atom stereocenters. The van der Waals surface area contributed by atoms with Crippen LogP contribution in [0.25, 0.3) is 0 Å². The zero-order valence-corrected chi connectivity index (χ0v) is 14.8. The zero-order valence-electron chi connectivity index (χ0n) is 14.8.